The molecular weight excluding hydrogens is 212 g/mol. The molecule has 86 valence electrons. The van der Waals surface area contributed by atoms with E-state index in [2.05, 4.69) is 6.92 Å². The number of hydrogen-bond acceptors (Lipinski definition) is 3. The smallest absolute Gasteiger partial charge is 0.195 e. The Morgan fingerprint density at radius 3 is 2.29 bits per heavy atom. The molecule has 0 N–H and O–H groups in total. The highest BCUT2D eigenvalue weighted by Gasteiger charge is 2.18. The van der Waals surface area contributed by atoms with Crippen molar-refractivity contribution in [3.8, 4) is 12.1 Å². The summed E-state index contributed by atoms with van der Waals surface area (Å²) in [5, 5.41) is 17.3. The van der Waals surface area contributed by atoms with Crippen molar-refractivity contribution in [2.45, 2.75) is 26.2 Å². The molecule has 0 saturated heterocycles. The van der Waals surface area contributed by atoms with Crippen molar-refractivity contribution < 1.29 is 4.79 Å². The molecule has 0 aromatic heterocycles. The Hall–Kier alpha value is -2.13. The van der Waals surface area contributed by atoms with Crippen molar-refractivity contribution in [2.75, 3.05) is 0 Å². The van der Waals surface area contributed by atoms with Gasteiger partial charge in [0.05, 0.1) is 12.1 Å². The van der Waals surface area contributed by atoms with Gasteiger partial charge in [-0.3, -0.25) is 4.79 Å². The minimum atomic E-state index is -1.20. The minimum absolute atomic E-state index is 0.419. The number of hydrogen-bond donors (Lipinski definition) is 0. The lowest BCUT2D eigenvalue weighted by Crippen LogP contribution is -2.10. The van der Waals surface area contributed by atoms with E-state index in [1.54, 1.807) is 24.3 Å². The van der Waals surface area contributed by atoms with Gasteiger partial charge in [-0.15, -0.1) is 0 Å². The van der Waals surface area contributed by atoms with E-state index in [-0.39, 0.29) is 0 Å². The number of carbonyl (C=O) groups is 1. The zero-order valence-corrected chi connectivity index (χ0v) is 9.81. The summed E-state index contributed by atoms with van der Waals surface area (Å²) >= 11 is 0. The van der Waals surface area contributed by atoms with Crippen LogP contribution in [0, 0.1) is 28.6 Å². The summed E-state index contributed by atoms with van der Waals surface area (Å²) in [6.07, 6.45) is 3.24. The number of rotatable bonds is 5. The standard InChI is InChI=1S/C14H14N2O/c1-2-3-4-11-5-7-12(8-6-11)14(17)13(9-15)10-16/h5-8,13H,2-4H2,1H3. The van der Waals surface area contributed by atoms with Crippen molar-refractivity contribution in [1.82, 2.24) is 0 Å². The van der Waals surface area contributed by atoms with Crippen LogP contribution in [0.3, 0.4) is 0 Å². The quantitative estimate of drug-likeness (QED) is 0.725. The van der Waals surface area contributed by atoms with Gasteiger partial charge >= 0.3 is 0 Å². The first-order valence-corrected chi connectivity index (χ1v) is 5.65. The lowest BCUT2D eigenvalue weighted by molar-refractivity contribution is 0.0971. The van der Waals surface area contributed by atoms with Gasteiger partial charge in [-0.25, -0.2) is 0 Å². The van der Waals surface area contributed by atoms with E-state index in [4.69, 9.17) is 10.5 Å². The van der Waals surface area contributed by atoms with Gasteiger partial charge < -0.3 is 0 Å². The van der Waals surface area contributed by atoms with Crippen LogP contribution in [0.25, 0.3) is 0 Å². The fourth-order valence-electron chi connectivity index (χ4n) is 1.53. The fraction of sp³-hybridized carbons (Fsp3) is 0.357. The molecule has 0 radical (unpaired) electrons. The molecule has 0 atom stereocenters. The molecule has 0 heterocycles. The largest absolute Gasteiger partial charge is 0.291 e. The van der Waals surface area contributed by atoms with Crippen molar-refractivity contribution >= 4 is 5.78 Å². The second-order valence-electron chi connectivity index (χ2n) is 3.86. The molecule has 0 unspecified atom stereocenters. The van der Waals surface area contributed by atoms with E-state index >= 15 is 0 Å². The summed E-state index contributed by atoms with van der Waals surface area (Å²) in [5.74, 6) is -1.62. The maximum Gasteiger partial charge on any atom is 0.195 e. The monoisotopic (exact) mass is 226 g/mol. The van der Waals surface area contributed by atoms with Crippen molar-refractivity contribution in [3.05, 3.63) is 35.4 Å². The maximum atomic E-state index is 11.7. The molecule has 0 aliphatic carbocycles. The number of benzene rings is 1. The van der Waals surface area contributed by atoms with Crippen molar-refractivity contribution in [2.24, 2.45) is 5.92 Å². The highest BCUT2D eigenvalue weighted by atomic mass is 16.1. The van der Waals surface area contributed by atoms with Crippen LogP contribution in [-0.4, -0.2) is 5.78 Å². The van der Waals surface area contributed by atoms with Crippen LogP contribution in [-0.2, 0) is 6.42 Å². The Morgan fingerprint density at radius 1 is 1.24 bits per heavy atom. The first-order chi connectivity index (χ1) is 8.22. The molecule has 1 aromatic rings. The first kappa shape index (κ1) is 12.9. The number of aryl methyl sites for hydroxylation is 1. The van der Waals surface area contributed by atoms with Gasteiger partial charge in [0.15, 0.2) is 11.7 Å². The van der Waals surface area contributed by atoms with Crippen LogP contribution in [0.2, 0.25) is 0 Å². The molecule has 0 aliphatic heterocycles. The molecule has 1 rings (SSSR count). The Labute approximate surface area is 101 Å². The molecular formula is C14H14N2O. The van der Waals surface area contributed by atoms with E-state index in [9.17, 15) is 4.79 Å². The van der Waals surface area contributed by atoms with Gasteiger partial charge in [0.2, 0.25) is 0 Å². The van der Waals surface area contributed by atoms with Crippen LogP contribution in [0.15, 0.2) is 24.3 Å². The molecule has 3 nitrogen and oxygen atoms in total. The van der Waals surface area contributed by atoms with Gasteiger partial charge in [-0.1, -0.05) is 37.6 Å². The molecule has 0 amide bonds. The lowest BCUT2D eigenvalue weighted by atomic mass is 9.98. The highest BCUT2D eigenvalue weighted by molar-refractivity contribution is 6.00. The Bertz CT molecular complexity index is 448. The summed E-state index contributed by atoms with van der Waals surface area (Å²) in [4.78, 5) is 11.7. The van der Waals surface area contributed by atoms with Crippen molar-refractivity contribution in [1.29, 1.82) is 10.5 Å². The van der Waals surface area contributed by atoms with Gasteiger partial charge in [-0.05, 0) is 18.4 Å². The normalized spacial score (nSPS) is 9.65. The third kappa shape index (κ3) is 3.43. The summed E-state index contributed by atoms with van der Waals surface area (Å²) < 4.78 is 0. The lowest BCUT2D eigenvalue weighted by Gasteiger charge is -2.03. The van der Waals surface area contributed by atoms with E-state index in [0.29, 0.717) is 5.56 Å². The Balaban J connectivity index is 2.78. The van der Waals surface area contributed by atoms with Crippen molar-refractivity contribution in [3.63, 3.8) is 0 Å². The summed E-state index contributed by atoms with van der Waals surface area (Å²) in [5.41, 5.74) is 1.60. The molecule has 0 aliphatic rings. The number of unbranched alkanes of at least 4 members (excludes halogenated alkanes) is 1. The van der Waals surface area contributed by atoms with E-state index in [0.717, 1.165) is 19.3 Å². The van der Waals surface area contributed by atoms with Gasteiger partial charge in [0.25, 0.3) is 0 Å². The zero-order valence-electron chi connectivity index (χ0n) is 9.81. The maximum absolute atomic E-state index is 11.7. The second-order valence-corrected chi connectivity index (χ2v) is 3.86. The molecule has 1 aromatic carbocycles. The van der Waals surface area contributed by atoms with Crippen LogP contribution in [0.5, 0.6) is 0 Å². The Kier molecular flexibility index (Phi) is 4.91. The topological polar surface area (TPSA) is 64.7 Å². The predicted octanol–water partition coefficient (Wildman–Crippen LogP) is 2.88. The van der Waals surface area contributed by atoms with Crippen LogP contribution in [0.1, 0.15) is 35.7 Å². The van der Waals surface area contributed by atoms with Crippen LogP contribution < -0.4 is 0 Å². The number of carbonyl (C=O) groups excluding carboxylic acids is 1. The van der Waals surface area contributed by atoms with Crippen LogP contribution >= 0.6 is 0 Å². The van der Waals surface area contributed by atoms with Gasteiger partial charge in [-0.2, -0.15) is 10.5 Å². The average molecular weight is 226 g/mol. The summed E-state index contributed by atoms with van der Waals surface area (Å²) in [6.45, 7) is 2.13. The SMILES string of the molecule is CCCCc1ccc(C(=O)C(C#N)C#N)cc1. The molecule has 17 heavy (non-hydrogen) atoms. The van der Waals surface area contributed by atoms with Gasteiger partial charge in [0.1, 0.15) is 0 Å². The number of ketones is 1. The van der Waals surface area contributed by atoms with Crippen LogP contribution in [0.4, 0.5) is 0 Å². The molecule has 0 saturated carbocycles. The summed E-state index contributed by atoms with van der Waals surface area (Å²) in [7, 11) is 0. The van der Waals surface area contributed by atoms with E-state index < -0.39 is 11.7 Å². The average Bonchev–Trinajstić information content (AvgIpc) is 2.38. The fourth-order valence-corrected chi connectivity index (χ4v) is 1.53. The second kappa shape index (κ2) is 6.45. The number of nitriles is 2. The minimum Gasteiger partial charge on any atom is -0.291 e. The molecule has 0 spiro atoms. The first-order valence-electron chi connectivity index (χ1n) is 5.65. The third-order valence-corrected chi connectivity index (χ3v) is 2.58. The number of Topliss-reactive ketones (excluding diaryl/α,β-unsaturated/α-hetero) is 1. The molecule has 3 heteroatoms. The molecule has 0 fully saturated rings. The third-order valence-electron chi connectivity index (χ3n) is 2.58. The highest BCUT2D eigenvalue weighted by Crippen LogP contribution is 2.11. The zero-order chi connectivity index (χ0) is 12.7. The molecule has 0 bridgehead atoms. The van der Waals surface area contributed by atoms with Gasteiger partial charge in [0, 0.05) is 5.56 Å². The predicted molar refractivity (Wildman–Crippen MR) is 64.1 cm³/mol. The van der Waals surface area contributed by atoms with E-state index in [1.165, 1.54) is 5.56 Å². The summed E-state index contributed by atoms with van der Waals surface area (Å²) in [6, 6.07) is 10.5. The van der Waals surface area contributed by atoms with E-state index in [1.807, 2.05) is 12.1 Å². The Morgan fingerprint density at radius 2 is 1.82 bits per heavy atom. The number of nitrogens with zero attached hydrogens (tertiary/aromatic N) is 2.